The van der Waals surface area contributed by atoms with Crippen molar-refractivity contribution >= 4 is 16.7 Å². The summed E-state index contributed by atoms with van der Waals surface area (Å²) in [5.41, 5.74) is 1.14. The van der Waals surface area contributed by atoms with Gasteiger partial charge in [0, 0.05) is 11.5 Å². The zero-order valence-corrected chi connectivity index (χ0v) is 11.1. The standard InChI is InChI=1S/C16H16O3/c1-10-13(9-15(17)18-2)16-12-6-4-3-5-11(12)7-8-14(16)19-10/h3-8,10,13H,9H2,1-2H3/t10-,13+/m0/s1. The van der Waals surface area contributed by atoms with Crippen molar-refractivity contribution in [2.45, 2.75) is 25.4 Å². The van der Waals surface area contributed by atoms with Gasteiger partial charge < -0.3 is 9.47 Å². The third-order valence-corrected chi connectivity index (χ3v) is 3.80. The molecule has 0 N–H and O–H groups in total. The number of fused-ring (bicyclic) bond motifs is 3. The molecule has 2 atom stereocenters. The molecule has 3 nitrogen and oxygen atoms in total. The van der Waals surface area contributed by atoms with E-state index in [4.69, 9.17) is 9.47 Å². The predicted molar refractivity (Wildman–Crippen MR) is 73.4 cm³/mol. The average molecular weight is 256 g/mol. The van der Waals surface area contributed by atoms with Crippen LogP contribution in [0.1, 0.15) is 24.8 Å². The third kappa shape index (κ3) is 1.95. The summed E-state index contributed by atoms with van der Waals surface area (Å²) in [4.78, 5) is 11.6. The van der Waals surface area contributed by atoms with Gasteiger partial charge in [-0.15, -0.1) is 0 Å². The topological polar surface area (TPSA) is 35.5 Å². The largest absolute Gasteiger partial charge is 0.490 e. The van der Waals surface area contributed by atoms with Crippen molar-refractivity contribution in [3.63, 3.8) is 0 Å². The average Bonchev–Trinajstić information content (AvgIpc) is 2.75. The summed E-state index contributed by atoms with van der Waals surface area (Å²) in [6, 6.07) is 12.2. The van der Waals surface area contributed by atoms with Crippen LogP contribution in [0.15, 0.2) is 36.4 Å². The van der Waals surface area contributed by atoms with Gasteiger partial charge in [-0.05, 0) is 23.8 Å². The molecule has 0 radical (unpaired) electrons. The SMILES string of the molecule is COC(=O)C[C@H]1c2c(ccc3ccccc23)O[C@H]1C. The number of rotatable bonds is 2. The predicted octanol–water partition coefficient (Wildman–Crippen LogP) is 3.27. The molecule has 2 aromatic carbocycles. The highest BCUT2D eigenvalue weighted by molar-refractivity contribution is 5.89. The molecule has 1 aliphatic rings. The van der Waals surface area contributed by atoms with Crippen LogP contribution in [0.4, 0.5) is 0 Å². The Morgan fingerprint density at radius 3 is 2.84 bits per heavy atom. The van der Waals surface area contributed by atoms with Gasteiger partial charge in [0.05, 0.1) is 13.5 Å². The molecule has 1 heterocycles. The lowest BCUT2D eigenvalue weighted by atomic mass is 9.89. The van der Waals surface area contributed by atoms with E-state index in [0.717, 1.165) is 11.3 Å². The Morgan fingerprint density at radius 1 is 1.26 bits per heavy atom. The van der Waals surface area contributed by atoms with Gasteiger partial charge in [-0.25, -0.2) is 0 Å². The van der Waals surface area contributed by atoms with E-state index >= 15 is 0 Å². The molecule has 0 bridgehead atoms. The van der Waals surface area contributed by atoms with Crippen molar-refractivity contribution in [3.8, 4) is 5.75 Å². The van der Waals surface area contributed by atoms with Crippen LogP contribution in [0.5, 0.6) is 5.75 Å². The van der Waals surface area contributed by atoms with Gasteiger partial charge in [0.25, 0.3) is 0 Å². The lowest BCUT2D eigenvalue weighted by Gasteiger charge is -2.14. The second-order valence-corrected chi connectivity index (χ2v) is 4.91. The van der Waals surface area contributed by atoms with Gasteiger partial charge in [0.15, 0.2) is 0 Å². The van der Waals surface area contributed by atoms with E-state index in [1.54, 1.807) is 0 Å². The minimum Gasteiger partial charge on any atom is -0.490 e. The first-order chi connectivity index (χ1) is 9.20. The van der Waals surface area contributed by atoms with E-state index in [0.29, 0.717) is 6.42 Å². The molecule has 0 unspecified atom stereocenters. The highest BCUT2D eigenvalue weighted by atomic mass is 16.5. The van der Waals surface area contributed by atoms with Crippen LogP contribution in [0, 0.1) is 0 Å². The number of carbonyl (C=O) groups is 1. The monoisotopic (exact) mass is 256 g/mol. The van der Waals surface area contributed by atoms with Gasteiger partial charge in [-0.2, -0.15) is 0 Å². The molecule has 1 aliphatic heterocycles. The fraction of sp³-hybridized carbons (Fsp3) is 0.312. The van der Waals surface area contributed by atoms with Crippen molar-refractivity contribution in [2.75, 3.05) is 7.11 Å². The van der Waals surface area contributed by atoms with Gasteiger partial charge in [-0.3, -0.25) is 4.79 Å². The van der Waals surface area contributed by atoms with Crippen molar-refractivity contribution in [3.05, 3.63) is 42.0 Å². The lowest BCUT2D eigenvalue weighted by Crippen LogP contribution is -2.18. The maximum atomic E-state index is 11.6. The van der Waals surface area contributed by atoms with Crippen LogP contribution in [0.3, 0.4) is 0 Å². The van der Waals surface area contributed by atoms with Gasteiger partial charge >= 0.3 is 5.97 Å². The van der Waals surface area contributed by atoms with Crippen LogP contribution >= 0.6 is 0 Å². The Bertz CT molecular complexity index is 633. The molecular weight excluding hydrogens is 240 g/mol. The molecule has 0 spiro atoms. The summed E-state index contributed by atoms with van der Waals surface area (Å²) in [6.07, 6.45) is 0.360. The number of hydrogen-bond acceptors (Lipinski definition) is 3. The molecule has 0 amide bonds. The first kappa shape index (κ1) is 12.0. The maximum absolute atomic E-state index is 11.6. The summed E-state index contributed by atoms with van der Waals surface area (Å²) in [5.74, 6) is 0.759. The Hall–Kier alpha value is -2.03. The van der Waals surface area contributed by atoms with Crippen LogP contribution in [-0.4, -0.2) is 19.2 Å². The number of methoxy groups -OCH3 is 1. The first-order valence-electron chi connectivity index (χ1n) is 6.46. The summed E-state index contributed by atoms with van der Waals surface area (Å²) in [5, 5.41) is 2.34. The molecule has 3 rings (SSSR count). The van der Waals surface area contributed by atoms with E-state index < -0.39 is 0 Å². The van der Waals surface area contributed by atoms with E-state index in [2.05, 4.69) is 18.2 Å². The lowest BCUT2D eigenvalue weighted by molar-refractivity contribution is -0.141. The zero-order chi connectivity index (χ0) is 13.4. The molecule has 0 fully saturated rings. The van der Waals surface area contributed by atoms with Crippen molar-refractivity contribution in [1.29, 1.82) is 0 Å². The Balaban J connectivity index is 2.12. The fourth-order valence-corrected chi connectivity index (χ4v) is 2.81. The quantitative estimate of drug-likeness (QED) is 0.774. The molecular formula is C16H16O3. The van der Waals surface area contributed by atoms with E-state index in [1.165, 1.54) is 17.9 Å². The normalized spacial score (nSPS) is 20.9. The van der Waals surface area contributed by atoms with Crippen LogP contribution in [0.2, 0.25) is 0 Å². The molecule has 0 saturated heterocycles. The van der Waals surface area contributed by atoms with Gasteiger partial charge in [0.2, 0.25) is 0 Å². The highest BCUT2D eigenvalue weighted by Gasteiger charge is 2.34. The Labute approximate surface area is 112 Å². The minimum absolute atomic E-state index is 0.0000869. The van der Waals surface area contributed by atoms with E-state index in [9.17, 15) is 4.79 Å². The third-order valence-electron chi connectivity index (χ3n) is 3.80. The second kappa shape index (κ2) is 4.57. The summed E-state index contributed by atoms with van der Waals surface area (Å²) in [7, 11) is 1.42. The zero-order valence-electron chi connectivity index (χ0n) is 11.1. The number of esters is 1. The van der Waals surface area contributed by atoms with Crippen molar-refractivity contribution in [2.24, 2.45) is 0 Å². The highest BCUT2D eigenvalue weighted by Crippen LogP contribution is 2.44. The van der Waals surface area contributed by atoms with Crippen molar-refractivity contribution in [1.82, 2.24) is 0 Å². The molecule has 0 aliphatic carbocycles. The molecule has 0 saturated carbocycles. The fourth-order valence-electron chi connectivity index (χ4n) is 2.81. The van der Waals surface area contributed by atoms with E-state index in [-0.39, 0.29) is 18.0 Å². The second-order valence-electron chi connectivity index (χ2n) is 4.91. The Morgan fingerprint density at radius 2 is 2.05 bits per heavy atom. The van der Waals surface area contributed by atoms with Gasteiger partial charge in [0.1, 0.15) is 11.9 Å². The molecule has 98 valence electrons. The van der Waals surface area contributed by atoms with Crippen molar-refractivity contribution < 1.29 is 14.3 Å². The van der Waals surface area contributed by atoms with Crippen LogP contribution in [-0.2, 0) is 9.53 Å². The number of ether oxygens (including phenoxy) is 2. The maximum Gasteiger partial charge on any atom is 0.306 e. The number of benzene rings is 2. The molecule has 0 aromatic heterocycles. The summed E-state index contributed by atoms with van der Waals surface area (Å²) >= 11 is 0. The summed E-state index contributed by atoms with van der Waals surface area (Å²) < 4.78 is 10.7. The van der Waals surface area contributed by atoms with Gasteiger partial charge in [-0.1, -0.05) is 30.3 Å². The first-order valence-corrected chi connectivity index (χ1v) is 6.46. The van der Waals surface area contributed by atoms with Crippen LogP contribution < -0.4 is 4.74 Å². The molecule has 2 aromatic rings. The number of hydrogen-bond donors (Lipinski definition) is 0. The van der Waals surface area contributed by atoms with E-state index in [1.807, 2.05) is 25.1 Å². The Kier molecular flexibility index (Phi) is 2.90. The molecule has 3 heteroatoms. The van der Waals surface area contributed by atoms with Crippen LogP contribution in [0.25, 0.3) is 10.8 Å². The smallest absolute Gasteiger partial charge is 0.306 e. The summed E-state index contributed by atoms with van der Waals surface area (Å²) in [6.45, 7) is 2.00. The minimum atomic E-state index is -0.193. The number of carbonyl (C=O) groups excluding carboxylic acids is 1. The molecule has 19 heavy (non-hydrogen) atoms.